The first kappa shape index (κ1) is 14.2. The molecule has 0 rings (SSSR count). The van der Waals surface area contributed by atoms with E-state index >= 15 is 0 Å². The van der Waals surface area contributed by atoms with Gasteiger partial charge >= 0.3 is 15.6 Å². The number of hydrogen-bond acceptors (Lipinski definition) is 4. The second kappa shape index (κ2) is 5.34. The van der Waals surface area contributed by atoms with Gasteiger partial charge in [-0.25, -0.2) is 9.13 Å². The Labute approximate surface area is 80.3 Å². The number of phosphoric acid groups is 2. The zero-order valence-electron chi connectivity index (χ0n) is 7.31. The van der Waals surface area contributed by atoms with Crippen molar-refractivity contribution in [1.82, 2.24) is 0 Å². The highest BCUT2D eigenvalue weighted by atomic mass is 31.2. The van der Waals surface area contributed by atoms with E-state index < -0.39 is 28.4 Å². The molecule has 0 heterocycles. The fourth-order valence-electron chi connectivity index (χ4n) is 0.597. The van der Waals surface area contributed by atoms with Crippen molar-refractivity contribution in [3.8, 4) is 0 Å². The minimum absolute atomic E-state index is 0.158. The van der Waals surface area contributed by atoms with Crippen LogP contribution in [0.5, 0.6) is 0 Å². The fraction of sp³-hybridized carbons (Fsp3) is 1.00. The summed E-state index contributed by atoms with van der Waals surface area (Å²) in [5.41, 5.74) is 0. The maximum atomic E-state index is 10.3. The van der Waals surface area contributed by atoms with E-state index in [0.717, 1.165) is 0 Å². The summed E-state index contributed by atoms with van der Waals surface area (Å²) in [6.45, 7) is 0.954. The molecule has 0 aliphatic carbocycles. The molecule has 0 saturated heterocycles. The van der Waals surface area contributed by atoms with E-state index in [9.17, 15) is 9.13 Å². The molecule has 0 fully saturated rings. The second-order valence-electron chi connectivity index (χ2n) is 2.41. The Balaban J connectivity index is 4.06. The Kier molecular flexibility index (Phi) is 5.43. The molecule has 0 spiro atoms. The van der Waals surface area contributed by atoms with E-state index in [1.165, 1.54) is 6.92 Å². The van der Waals surface area contributed by atoms with Crippen LogP contribution >= 0.6 is 15.6 Å². The standard InChI is InChI=1S/C4H12O8P2/c1-2-4(12-14(8,9)10)3-11-13(5,6)7/h4H,2-3H2,1H3,(H2,5,6,7)(H2,8,9,10). The van der Waals surface area contributed by atoms with Crippen molar-refractivity contribution in [2.24, 2.45) is 0 Å². The molecule has 86 valence electrons. The topological polar surface area (TPSA) is 134 Å². The third-order valence-electron chi connectivity index (χ3n) is 1.17. The second-order valence-corrected chi connectivity index (χ2v) is 4.84. The summed E-state index contributed by atoms with van der Waals surface area (Å²) in [6.07, 6.45) is -0.895. The van der Waals surface area contributed by atoms with Gasteiger partial charge in [-0.15, -0.1) is 0 Å². The third-order valence-corrected chi connectivity index (χ3v) is 2.23. The first-order valence-electron chi connectivity index (χ1n) is 3.58. The van der Waals surface area contributed by atoms with Gasteiger partial charge in [-0.1, -0.05) is 6.92 Å². The molecule has 4 N–H and O–H groups in total. The highest BCUT2D eigenvalue weighted by Crippen LogP contribution is 2.40. The van der Waals surface area contributed by atoms with Crippen LogP contribution in [-0.2, 0) is 18.2 Å². The van der Waals surface area contributed by atoms with Crippen LogP contribution in [0.3, 0.4) is 0 Å². The summed E-state index contributed by atoms with van der Waals surface area (Å²) in [6, 6.07) is 0. The zero-order valence-corrected chi connectivity index (χ0v) is 9.10. The highest BCUT2D eigenvalue weighted by Gasteiger charge is 2.24. The lowest BCUT2D eigenvalue weighted by molar-refractivity contribution is 0.0713. The van der Waals surface area contributed by atoms with Gasteiger partial charge in [0.05, 0.1) is 12.7 Å². The largest absolute Gasteiger partial charge is 0.469 e. The molecule has 0 aromatic rings. The predicted molar refractivity (Wildman–Crippen MR) is 45.2 cm³/mol. The average molecular weight is 250 g/mol. The molecule has 8 nitrogen and oxygen atoms in total. The van der Waals surface area contributed by atoms with Crippen molar-refractivity contribution in [2.75, 3.05) is 6.61 Å². The monoisotopic (exact) mass is 250 g/mol. The maximum absolute atomic E-state index is 10.3. The van der Waals surface area contributed by atoms with Gasteiger partial charge < -0.3 is 19.6 Å². The summed E-state index contributed by atoms with van der Waals surface area (Å²) in [5, 5.41) is 0. The maximum Gasteiger partial charge on any atom is 0.469 e. The van der Waals surface area contributed by atoms with E-state index in [-0.39, 0.29) is 6.42 Å². The van der Waals surface area contributed by atoms with Gasteiger partial charge in [0.15, 0.2) is 0 Å². The first-order valence-corrected chi connectivity index (χ1v) is 6.64. The van der Waals surface area contributed by atoms with Crippen molar-refractivity contribution < 1.29 is 37.8 Å². The molecule has 0 aromatic heterocycles. The van der Waals surface area contributed by atoms with Crippen molar-refractivity contribution in [3.63, 3.8) is 0 Å². The summed E-state index contributed by atoms with van der Waals surface area (Å²) < 4.78 is 28.8. The summed E-state index contributed by atoms with van der Waals surface area (Å²) >= 11 is 0. The van der Waals surface area contributed by atoms with Gasteiger partial charge in [-0.3, -0.25) is 9.05 Å². The van der Waals surface area contributed by atoms with E-state index in [2.05, 4.69) is 9.05 Å². The quantitative estimate of drug-likeness (QED) is 0.483. The molecular weight excluding hydrogens is 238 g/mol. The van der Waals surface area contributed by atoms with Crippen molar-refractivity contribution in [3.05, 3.63) is 0 Å². The summed E-state index contributed by atoms with van der Waals surface area (Å²) in [7, 11) is -9.28. The van der Waals surface area contributed by atoms with Crippen molar-refractivity contribution in [1.29, 1.82) is 0 Å². The van der Waals surface area contributed by atoms with Crippen LogP contribution in [0.4, 0.5) is 0 Å². The van der Waals surface area contributed by atoms with Crippen LogP contribution in [-0.4, -0.2) is 32.3 Å². The SMILES string of the molecule is CCC(COP(=O)(O)O)OP(=O)(O)O. The minimum Gasteiger partial charge on any atom is -0.303 e. The van der Waals surface area contributed by atoms with Gasteiger partial charge in [-0.05, 0) is 6.42 Å². The van der Waals surface area contributed by atoms with Crippen LogP contribution in [0.1, 0.15) is 13.3 Å². The lowest BCUT2D eigenvalue weighted by Gasteiger charge is -2.16. The molecule has 0 aliphatic rings. The summed E-state index contributed by atoms with van der Waals surface area (Å²) in [5.74, 6) is 0. The van der Waals surface area contributed by atoms with Crippen LogP contribution < -0.4 is 0 Å². The molecule has 0 saturated carbocycles. The van der Waals surface area contributed by atoms with Crippen LogP contribution in [0, 0.1) is 0 Å². The molecule has 14 heavy (non-hydrogen) atoms. The first-order chi connectivity index (χ1) is 6.14. The van der Waals surface area contributed by atoms with E-state index in [1.807, 2.05) is 0 Å². The normalized spacial score (nSPS) is 15.5. The van der Waals surface area contributed by atoms with Crippen molar-refractivity contribution >= 4 is 15.6 Å². The molecule has 0 radical (unpaired) electrons. The van der Waals surface area contributed by atoms with E-state index in [1.54, 1.807) is 0 Å². The molecular formula is C4H12O8P2. The zero-order chi connectivity index (χ0) is 11.4. The van der Waals surface area contributed by atoms with E-state index in [0.29, 0.717) is 0 Å². The Hall–Kier alpha value is 0.220. The molecule has 1 atom stereocenters. The predicted octanol–water partition coefficient (Wildman–Crippen LogP) is -0.0164. The van der Waals surface area contributed by atoms with Gasteiger partial charge in [0.25, 0.3) is 0 Å². The molecule has 0 amide bonds. The number of hydrogen-bond donors (Lipinski definition) is 4. The van der Waals surface area contributed by atoms with Gasteiger partial charge in [0.2, 0.25) is 0 Å². The van der Waals surface area contributed by atoms with Gasteiger partial charge in [-0.2, -0.15) is 0 Å². The minimum atomic E-state index is -4.65. The van der Waals surface area contributed by atoms with E-state index in [4.69, 9.17) is 19.6 Å². The Morgan fingerprint density at radius 3 is 1.93 bits per heavy atom. The average Bonchev–Trinajstić information content (AvgIpc) is 1.94. The van der Waals surface area contributed by atoms with Crippen molar-refractivity contribution in [2.45, 2.75) is 19.4 Å². The highest BCUT2D eigenvalue weighted by molar-refractivity contribution is 7.46. The Morgan fingerprint density at radius 1 is 1.14 bits per heavy atom. The molecule has 0 aromatic carbocycles. The number of phosphoric ester groups is 2. The molecule has 0 bridgehead atoms. The molecule has 10 heteroatoms. The van der Waals surface area contributed by atoms with Crippen LogP contribution in [0.2, 0.25) is 0 Å². The Morgan fingerprint density at radius 2 is 1.64 bits per heavy atom. The van der Waals surface area contributed by atoms with Gasteiger partial charge in [0.1, 0.15) is 0 Å². The summed E-state index contributed by atoms with van der Waals surface area (Å²) in [4.78, 5) is 33.4. The molecule has 1 unspecified atom stereocenters. The van der Waals surface area contributed by atoms with Crippen LogP contribution in [0.25, 0.3) is 0 Å². The Bertz CT molecular complexity index is 252. The van der Waals surface area contributed by atoms with Gasteiger partial charge in [0, 0.05) is 0 Å². The lowest BCUT2D eigenvalue weighted by atomic mass is 10.3. The smallest absolute Gasteiger partial charge is 0.303 e. The fourth-order valence-corrected chi connectivity index (χ4v) is 1.56. The third kappa shape index (κ3) is 8.80. The number of rotatable bonds is 6. The molecule has 0 aliphatic heterocycles. The lowest BCUT2D eigenvalue weighted by Crippen LogP contribution is -2.16. The van der Waals surface area contributed by atoms with Crippen LogP contribution in [0.15, 0.2) is 0 Å².